The van der Waals surface area contributed by atoms with Crippen LogP contribution in [-0.2, 0) is 17.9 Å². The molecule has 1 aromatic heterocycles. The number of ether oxygens (including phenoxy) is 1. The highest BCUT2D eigenvalue weighted by molar-refractivity contribution is 9.10. The molecule has 3 heterocycles. The third kappa shape index (κ3) is 3.10. The lowest BCUT2D eigenvalue weighted by Crippen LogP contribution is -2.38. The van der Waals surface area contributed by atoms with Crippen LogP contribution in [0.25, 0.3) is 0 Å². The smallest absolute Gasteiger partial charge is 0.276 e. The average molecular weight is 409 g/mol. The topological polar surface area (TPSA) is 60.3 Å². The van der Waals surface area contributed by atoms with Crippen molar-refractivity contribution in [3.05, 3.63) is 45.7 Å². The molecule has 1 saturated heterocycles. The Bertz CT molecular complexity index is 743. The molecule has 24 heavy (non-hydrogen) atoms. The van der Waals surface area contributed by atoms with Gasteiger partial charge in [-0.25, -0.2) is 4.68 Å². The van der Waals surface area contributed by atoms with Crippen LogP contribution in [-0.4, -0.2) is 50.4 Å². The van der Waals surface area contributed by atoms with Gasteiger partial charge in [-0.2, -0.15) is 11.8 Å². The van der Waals surface area contributed by atoms with E-state index in [1.54, 1.807) is 0 Å². The zero-order valence-electron chi connectivity index (χ0n) is 13.0. The van der Waals surface area contributed by atoms with Crippen molar-refractivity contribution in [2.75, 3.05) is 24.6 Å². The van der Waals surface area contributed by atoms with Crippen molar-refractivity contribution in [3.63, 3.8) is 0 Å². The van der Waals surface area contributed by atoms with Crippen molar-refractivity contribution < 1.29 is 9.53 Å². The molecule has 8 heteroatoms. The summed E-state index contributed by atoms with van der Waals surface area (Å²) in [6, 6.07) is 8.07. The van der Waals surface area contributed by atoms with Crippen molar-refractivity contribution in [2.24, 2.45) is 0 Å². The first-order valence-corrected chi connectivity index (χ1v) is 9.83. The van der Waals surface area contributed by atoms with Gasteiger partial charge in [0.05, 0.1) is 18.8 Å². The number of benzene rings is 1. The summed E-state index contributed by atoms with van der Waals surface area (Å²) >= 11 is 5.32. The number of hydrogen-bond acceptors (Lipinski definition) is 5. The largest absolute Gasteiger partial charge is 0.365 e. The molecule has 2 aliphatic rings. The molecule has 0 radical (unpaired) electrons. The maximum atomic E-state index is 12.7. The highest BCUT2D eigenvalue weighted by Gasteiger charge is 2.30. The minimum atomic E-state index is -0.0679. The standard InChI is InChI=1S/C16H17BrN4O2S/c17-12-3-1-11(2-4-12)14-9-21-13(10-23-14)15(18-19-21)16(22)20-5-7-24-8-6-20/h1-4,14H,5-10H2/t14-/m0/s1. The van der Waals surface area contributed by atoms with E-state index in [0.29, 0.717) is 18.8 Å². The second-order valence-corrected chi connectivity index (χ2v) is 7.96. The number of aromatic nitrogens is 3. The Morgan fingerprint density at radius 3 is 2.75 bits per heavy atom. The zero-order chi connectivity index (χ0) is 16.5. The molecule has 4 rings (SSSR count). The minimum Gasteiger partial charge on any atom is -0.365 e. The second kappa shape index (κ2) is 6.85. The number of fused-ring (bicyclic) bond motifs is 1. The van der Waals surface area contributed by atoms with Gasteiger partial charge in [0.25, 0.3) is 5.91 Å². The Kier molecular flexibility index (Phi) is 4.60. The third-order valence-electron chi connectivity index (χ3n) is 4.34. The molecule has 0 bridgehead atoms. The molecule has 2 aromatic rings. The van der Waals surface area contributed by atoms with Crippen LogP contribution in [0.3, 0.4) is 0 Å². The van der Waals surface area contributed by atoms with Gasteiger partial charge in [-0.3, -0.25) is 4.79 Å². The highest BCUT2D eigenvalue weighted by Crippen LogP contribution is 2.28. The molecule has 1 amide bonds. The van der Waals surface area contributed by atoms with E-state index in [4.69, 9.17) is 4.74 Å². The molecule has 0 N–H and O–H groups in total. The summed E-state index contributed by atoms with van der Waals surface area (Å²) in [7, 11) is 0. The number of carbonyl (C=O) groups is 1. The molecule has 1 fully saturated rings. The molecule has 0 aliphatic carbocycles. The summed E-state index contributed by atoms with van der Waals surface area (Å²) in [5, 5.41) is 8.33. The van der Waals surface area contributed by atoms with E-state index in [2.05, 4.69) is 26.2 Å². The Morgan fingerprint density at radius 1 is 1.25 bits per heavy atom. The van der Waals surface area contributed by atoms with Gasteiger partial charge in [0, 0.05) is 29.1 Å². The van der Waals surface area contributed by atoms with Crippen LogP contribution in [0.1, 0.15) is 27.8 Å². The number of hydrogen-bond donors (Lipinski definition) is 0. The van der Waals surface area contributed by atoms with Gasteiger partial charge >= 0.3 is 0 Å². The number of nitrogens with zero attached hydrogens (tertiary/aromatic N) is 4. The first kappa shape index (κ1) is 16.1. The summed E-state index contributed by atoms with van der Waals surface area (Å²) in [5.74, 6) is 1.94. The Hall–Kier alpha value is -1.38. The first-order valence-electron chi connectivity index (χ1n) is 7.89. The van der Waals surface area contributed by atoms with Gasteiger partial charge in [0.2, 0.25) is 0 Å². The second-order valence-electron chi connectivity index (χ2n) is 5.82. The van der Waals surface area contributed by atoms with E-state index < -0.39 is 0 Å². The van der Waals surface area contributed by atoms with Crippen LogP contribution in [0.5, 0.6) is 0 Å². The van der Waals surface area contributed by atoms with Gasteiger partial charge in [-0.1, -0.05) is 33.3 Å². The van der Waals surface area contributed by atoms with E-state index in [-0.39, 0.29) is 12.0 Å². The fourth-order valence-electron chi connectivity index (χ4n) is 2.97. The lowest BCUT2D eigenvalue weighted by Gasteiger charge is -2.27. The Morgan fingerprint density at radius 2 is 2.00 bits per heavy atom. The number of amides is 1. The van der Waals surface area contributed by atoms with Crippen LogP contribution in [0.2, 0.25) is 0 Å². The van der Waals surface area contributed by atoms with Crippen LogP contribution in [0.4, 0.5) is 0 Å². The summed E-state index contributed by atoms with van der Waals surface area (Å²) in [4.78, 5) is 14.5. The Balaban J connectivity index is 1.53. The summed E-state index contributed by atoms with van der Waals surface area (Å²) < 4.78 is 8.82. The van der Waals surface area contributed by atoms with Crippen molar-refractivity contribution >= 4 is 33.6 Å². The maximum Gasteiger partial charge on any atom is 0.276 e. The van der Waals surface area contributed by atoms with Crippen molar-refractivity contribution in [1.82, 2.24) is 19.9 Å². The van der Waals surface area contributed by atoms with Gasteiger partial charge in [0.15, 0.2) is 5.69 Å². The predicted molar refractivity (Wildman–Crippen MR) is 94.9 cm³/mol. The van der Waals surface area contributed by atoms with Gasteiger partial charge in [-0.05, 0) is 17.7 Å². The molecule has 1 atom stereocenters. The van der Waals surface area contributed by atoms with Gasteiger partial charge in [0.1, 0.15) is 6.10 Å². The van der Waals surface area contributed by atoms with Crippen LogP contribution < -0.4 is 0 Å². The molecule has 0 unspecified atom stereocenters. The first-order chi connectivity index (χ1) is 11.7. The fourth-order valence-corrected chi connectivity index (χ4v) is 4.14. The van der Waals surface area contributed by atoms with Crippen LogP contribution in [0, 0.1) is 0 Å². The summed E-state index contributed by atoms with van der Waals surface area (Å²) in [6.45, 7) is 2.49. The Labute approximate surface area is 152 Å². The normalized spacial score (nSPS) is 20.7. The van der Waals surface area contributed by atoms with E-state index in [1.807, 2.05) is 45.6 Å². The molecular formula is C16H17BrN4O2S. The van der Waals surface area contributed by atoms with E-state index >= 15 is 0 Å². The molecule has 126 valence electrons. The van der Waals surface area contributed by atoms with Crippen molar-refractivity contribution in [1.29, 1.82) is 0 Å². The van der Waals surface area contributed by atoms with Crippen molar-refractivity contribution in [3.8, 4) is 0 Å². The van der Waals surface area contributed by atoms with Crippen LogP contribution >= 0.6 is 27.7 Å². The number of carbonyl (C=O) groups excluding carboxylic acids is 1. The maximum absolute atomic E-state index is 12.7. The lowest BCUT2D eigenvalue weighted by molar-refractivity contribution is -0.00194. The fraction of sp³-hybridized carbons (Fsp3) is 0.438. The number of rotatable bonds is 2. The third-order valence-corrected chi connectivity index (χ3v) is 5.81. The molecule has 2 aliphatic heterocycles. The number of halogens is 1. The average Bonchev–Trinajstić information content (AvgIpc) is 3.05. The minimum absolute atomic E-state index is 0.0257. The molecule has 0 spiro atoms. The summed E-state index contributed by atoms with van der Waals surface area (Å²) in [5.41, 5.74) is 2.32. The lowest BCUT2D eigenvalue weighted by atomic mass is 10.1. The van der Waals surface area contributed by atoms with Gasteiger partial charge in [-0.15, -0.1) is 5.10 Å². The summed E-state index contributed by atoms with van der Waals surface area (Å²) in [6.07, 6.45) is -0.0679. The zero-order valence-corrected chi connectivity index (χ0v) is 15.4. The highest BCUT2D eigenvalue weighted by atomic mass is 79.9. The quantitative estimate of drug-likeness (QED) is 0.763. The van der Waals surface area contributed by atoms with Crippen molar-refractivity contribution in [2.45, 2.75) is 19.3 Å². The van der Waals surface area contributed by atoms with E-state index in [0.717, 1.165) is 40.3 Å². The molecule has 1 aromatic carbocycles. The van der Waals surface area contributed by atoms with E-state index in [1.165, 1.54) is 0 Å². The van der Waals surface area contributed by atoms with Crippen LogP contribution in [0.15, 0.2) is 28.7 Å². The van der Waals surface area contributed by atoms with Gasteiger partial charge < -0.3 is 9.64 Å². The predicted octanol–water partition coefficient (Wildman–Crippen LogP) is 2.50. The molecule has 6 nitrogen and oxygen atoms in total. The monoisotopic (exact) mass is 408 g/mol. The SMILES string of the molecule is O=C(c1nnn2c1CO[C@H](c1ccc(Br)cc1)C2)N1CCSCC1. The van der Waals surface area contributed by atoms with E-state index in [9.17, 15) is 4.79 Å². The number of thioether (sulfide) groups is 1. The molecule has 0 saturated carbocycles. The molecular weight excluding hydrogens is 392 g/mol.